The summed E-state index contributed by atoms with van der Waals surface area (Å²) in [6.45, 7) is 3.32. The molecule has 0 spiro atoms. The molecule has 1 saturated heterocycles. The summed E-state index contributed by atoms with van der Waals surface area (Å²) in [6, 6.07) is 3.36. The molecule has 3 aliphatic heterocycles. The van der Waals surface area contributed by atoms with Gasteiger partial charge in [0.05, 0.1) is 6.10 Å². The first kappa shape index (κ1) is 14.5. The number of hydrogen-bond acceptors (Lipinski definition) is 5. The van der Waals surface area contributed by atoms with E-state index in [0.717, 1.165) is 0 Å². The highest BCUT2D eigenvalue weighted by molar-refractivity contribution is 7.71. The molecule has 0 bridgehead atoms. The minimum atomic E-state index is -1.06. The molecular formula is C14H15FN2O3S. The topological polar surface area (TPSA) is 78.4 Å². The van der Waals surface area contributed by atoms with E-state index in [9.17, 15) is 14.6 Å². The van der Waals surface area contributed by atoms with Gasteiger partial charge in [-0.25, -0.2) is 4.98 Å². The van der Waals surface area contributed by atoms with Gasteiger partial charge in [0.2, 0.25) is 0 Å². The molecule has 5 nitrogen and oxygen atoms in total. The lowest BCUT2D eigenvalue weighted by atomic mass is 10.0. The smallest absolute Gasteiger partial charge is 0.195 e. The minimum Gasteiger partial charge on any atom is -0.388 e. The molecule has 21 heavy (non-hydrogen) atoms. The van der Waals surface area contributed by atoms with Crippen LogP contribution in [0.2, 0.25) is 0 Å². The number of pyridine rings is 2. The van der Waals surface area contributed by atoms with Gasteiger partial charge in [-0.2, -0.15) is 4.39 Å². The van der Waals surface area contributed by atoms with Crippen molar-refractivity contribution in [3.05, 3.63) is 33.8 Å². The maximum absolute atomic E-state index is 13.5. The summed E-state index contributed by atoms with van der Waals surface area (Å²) >= 11 is 5.20. The molecule has 7 heteroatoms. The van der Waals surface area contributed by atoms with Crippen LogP contribution in [0.25, 0.3) is 11.4 Å². The largest absolute Gasteiger partial charge is 0.388 e. The van der Waals surface area contributed by atoms with Crippen LogP contribution in [0.1, 0.15) is 24.2 Å². The van der Waals surface area contributed by atoms with Crippen molar-refractivity contribution in [2.75, 3.05) is 0 Å². The summed E-state index contributed by atoms with van der Waals surface area (Å²) in [5, 5.41) is 19.9. The van der Waals surface area contributed by atoms with Crippen molar-refractivity contribution in [1.29, 1.82) is 0 Å². The maximum Gasteiger partial charge on any atom is 0.195 e. The van der Waals surface area contributed by atoms with E-state index in [1.807, 2.05) is 0 Å². The molecule has 0 aliphatic carbocycles. The van der Waals surface area contributed by atoms with Crippen molar-refractivity contribution in [3.8, 4) is 11.4 Å². The van der Waals surface area contributed by atoms with Gasteiger partial charge in [0.1, 0.15) is 28.8 Å². The number of aromatic nitrogens is 2. The minimum absolute atomic E-state index is 0.215. The zero-order valence-corrected chi connectivity index (χ0v) is 12.3. The zero-order chi connectivity index (χ0) is 15.3. The van der Waals surface area contributed by atoms with Gasteiger partial charge in [-0.1, -0.05) is 12.2 Å². The van der Waals surface area contributed by atoms with E-state index in [2.05, 4.69) is 9.97 Å². The highest BCUT2D eigenvalue weighted by atomic mass is 32.1. The van der Waals surface area contributed by atoms with Crippen molar-refractivity contribution < 1.29 is 19.3 Å². The average Bonchev–Trinajstić information content (AvgIpc) is 2.68. The van der Waals surface area contributed by atoms with Crippen molar-refractivity contribution in [1.82, 2.24) is 9.97 Å². The van der Waals surface area contributed by atoms with E-state index in [4.69, 9.17) is 17.0 Å². The standard InChI is InChI=1S/C14H15FN2O3S/c1-5-3-7-4-8(11-10(19)9(18)6(2)20-11)14(21)17-13(7)16-12(5)15/h3-4,6,9-11,18-19H,1-2H3,(H,16,17,21)/t6-,9?,10+,11+/m1/s1. The van der Waals surface area contributed by atoms with Crippen molar-refractivity contribution in [2.24, 2.45) is 0 Å². The Hall–Kier alpha value is -1.41. The molecule has 0 saturated carbocycles. The van der Waals surface area contributed by atoms with Crippen LogP contribution in [-0.2, 0) is 4.74 Å². The van der Waals surface area contributed by atoms with Gasteiger partial charge in [-0.15, -0.1) is 0 Å². The number of H-pyrrole nitrogens is 1. The monoisotopic (exact) mass is 310 g/mol. The third-order valence-electron chi connectivity index (χ3n) is 3.80. The van der Waals surface area contributed by atoms with Gasteiger partial charge in [0.15, 0.2) is 5.95 Å². The van der Waals surface area contributed by atoms with Crippen LogP contribution in [0, 0.1) is 17.5 Å². The van der Waals surface area contributed by atoms with Crippen LogP contribution in [0.3, 0.4) is 0 Å². The van der Waals surface area contributed by atoms with Crippen molar-refractivity contribution in [2.45, 2.75) is 38.3 Å². The van der Waals surface area contributed by atoms with E-state index in [1.165, 1.54) is 0 Å². The maximum atomic E-state index is 13.5. The van der Waals surface area contributed by atoms with Crippen LogP contribution < -0.4 is 0 Å². The van der Waals surface area contributed by atoms with Crippen LogP contribution in [0.4, 0.5) is 4.39 Å². The number of aromatic amines is 1. The lowest BCUT2D eigenvalue weighted by Crippen LogP contribution is -2.28. The summed E-state index contributed by atoms with van der Waals surface area (Å²) in [5.41, 5.74) is 1.64. The Labute approximate surface area is 125 Å². The lowest BCUT2D eigenvalue weighted by molar-refractivity contribution is 0.0147. The Morgan fingerprint density at radius 2 is 2.05 bits per heavy atom. The van der Waals surface area contributed by atoms with E-state index in [1.54, 1.807) is 26.0 Å². The van der Waals surface area contributed by atoms with Crippen LogP contribution >= 0.6 is 12.2 Å². The van der Waals surface area contributed by atoms with Crippen LogP contribution in [0.5, 0.6) is 0 Å². The first-order valence-electron chi connectivity index (χ1n) is 6.60. The Morgan fingerprint density at radius 3 is 2.67 bits per heavy atom. The number of nitrogens with one attached hydrogen (secondary N) is 1. The molecule has 3 heterocycles. The first-order valence-corrected chi connectivity index (χ1v) is 7.01. The zero-order valence-electron chi connectivity index (χ0n) is 11.5. The highest BCUT2D eigenvalue weighted by Gasteiger charge is 2.41. The molecule has 0 amide bonds. The van der Waals surface area contributed by atoms with E-state index < -0.39 is 30.4 Å². The molecule has 112 valence electrons. The number of aliphatic hydroxyl groups is 2. The summed E-state index contributed by atoms with van der Waals surface area (Å²) in [7, 11) is 0. The molecule has 0 radical (unpaired) electrons. The quantitative estimate of drug-likeness (QED) is 0.554. The predicted octanol–water partition coefficient (Wildman–Crippen LogP) is 1.87. The van der Waals surface area contributed by atoms with Gasteiger partial charge >= 0.3 is 0 Å². The number of ether oxygens (including phenoxy) is 1. The molecule has 4 atom stereocenters. The van der Waals surface area contributed by atoms with E-state index in [0.29, 0.717) is 22.5 Å². The van der Waals surface area contributed by atoms with Crippen LogP contribution in [0.15, 0.2) is 12.1 Å². The van der Waals surface area contributed by atoms with Crippen molar-refractivity contribution in [3.63, 3.8) is 0 Å². The molecule has 0 aromatic heterocycles. The predicted molar refractivity (Wildman–Crippen MR) is 76.0 cm³/mol. The van der Waals surface area contributed by atoms with Gasteiger partial charge in [0.25, 0.3) is 0 Å². The highest BCUT2D eigenvalue weighted by Crippen LogP contribution is 2.35. The molecule has 3 N–H and O–H groups in total. The number of rotatable bonds is 1. The fourth-order valence-corrected chi connectivity index (χ4v) is 2.81. The van der Waals surface area contributed by atoms with Gasteiger partial charge in [0, 0.05) is 16.7 Å². The molecule has 0 aromatic carbocycles. The third kappa shape index (κ3) is 2.36. The van der Waals surface area contributed by atoms with Crippen molar-refractivity contribution >= 4 is 12.2 Å². The fraction of sp³-hybridized carbons (Fsp3) is 0.429. The van der Waals surface area contributed by atoms with Gasteiger partial charge in [-0.05, 0) is 26.0 Å². The normalized spacial score (nSPS) is 29.2. The SMILES string of the molecule is Cc1cc2cc([C@@H]3O[C@H](C)C(O)[C@@H]3O)c(=S)nc-2[nH]c1F. The molecule has 1 unspecified atom stereocenters. The second kappa shape index (κ2) is 5.10. The van der Waals surface area contributed by atoms with Crippen LogP contribution in [-0.4, -0.2) is 38.5 Å². The second-order valence-corrected chi connectivity index (χ2v) is 5.72. The second-order valence-electron chi connectivity index (χ2n) is 5.33. The Morgan fingerprint density at radius 1 is 1.33 bits per heavy atom. The van der Waals surface area contributed by atoms with E-state index >= 15 is 0 Å². The third-order valence-corrected chi connectivity index (χ3v) is 4.13. The first-order chi connectivity index (χ1) is 9.88. The number of hydrogen-bond donors (Lipinski definition) is 3. The number of fused-ring (bicyclic) bond motifs is 1. The summed E-state index contributed by atoms with van der Waals surface area (Å²) < 4.78 is 19.3. The average molecular weight is 310 g/mol. The Balaban J connectivity index is 2.13. The molecule has 1 fully saturated rings. The van der Waals surface area contributed by atoms with E-state index in [-0.39, 0.29) is 4.64 Å². The number of nitrogens with zero attached hydrogens (tertiary/aromatic N) is 1. The molecule has 3 aliphatic rings. The van der Waals surface area contributed by atoms with Gasteiger partial charge in [-0.3, -0.25) is 0 Å². The van der Waals surface area contributed by atoms with Gasteiger partial charge < -0.3 is 19.9 Å². The molecule has 3 rings (SSSR count). The summed E-state index contributed by atoms with van der Waals surface area (Å²) in [6.07, 6.45) is -3.26. The lowest BCUT2D eigenvalue weighted by Gasteiger charge is -2.17. The summed E-state index contributed by atoms with van der Waals surface area (Å²) in [5.74, 6) is -0.119. The number of aliphatic hydroxyl groups excluding tert-OH is 2. The number of aryl methyl sites for hydroxylation is 1. The molecule has 0 aromatic rings. The fourth-order valence-electron chi connectivity index (χ4n) is 2.55. The Bertz CT molecular complexity index is 720. The Kier molecular flexibility index (Phi) is 3.53. The number of halogens is 1. The summed E-state index contributed by atoms with van der Waals surface area (Å²) in [4.78, 5) is 6.70. The molecular weight excluding hydrogens is 295 g/mol.